The van der Waals surface area contributed by atoms with Gasteiger partial charge in [0.05, 0.1) is 19.4 Å². The second-order valence-electron chi connectivity index (χ2n) is 6.55. The lowest BCUT2D eigenvalue weighted by Crippen LogP contribution is -2.54. The first-order chi connectivity index (χ1) is 14.4. The topological polar surface area (TPSA) is 84.9 Å². The van der Waals surface area contributed by atoms with Gasteiger partial charge in [0.15, 0.2) is 11.5 Å². The number of rotatable bonds is 7. The molecule has 8 heteroatoms. The number of halogens is 1. The number of anilines is 1. The first-order valence-electron chi connectivity index (χ1n) is 9.42. The van der Waals surface area contributed by atoms with Gasteiger partial charge in [-0.2, -0.15) is 0 Å². The van der Waals surface area contributed by atoms with Crippen LogP contribution in [0.1, 0.15) is 25.3 Å². The van der Waals surface area contributed by atoms with E-state index in [2.05, 4.69) is 12.2 Å². The molecule has 2 aromatic rings. The molecule has 0 unspecified atom stereocenters. The monoisotopic (exact) mass is 428 g/mol. The highest BCUT2D eigenvalue weighted by molar-refractivity contribution is 6.39. The fourth-order valence-electron chi connectivity index (χ4n) is 2.89. The molecule has 0 saturated carbocycles. The number of amides is 4. The van der Waals surface area contributed by atoms with Crippen LogP contribution in [0.4, 0.5) is 10.5 Å². The van der Waals surface area contributed by atoms with Crippen molar-refractivity contribution in [1.29, 1.82) is 0 Å². The third-order valence-electron chi connectivity index (χ3n) is 4.42. The number of barbiturate groups is 1. The van der Waals surface area contributed by atoms with Gasteiger partial charge in [-0.15, -0.1) is 0 Å². The smallest absolute Gasteiger partial charge is 0.335 e. The van der Waals surface area contributed by atoms with E-state index in [4.69, 9.17) is 21.1 Å². The standard InChI is InChI=1S/C22H21ClN2O5/c1-3-4-10-30-18-9-8-14(12-19(18)29-2)11-17-20(26)24-22(28)25(21(17)27)16-7-5-6-15(23)13-16/h5-9,11-13H,3-4,10H2,1-2H3,(H,24,26,28)/b17-11+. The van der Waals surface area contributed by atoms with Crippen molar-refractivity contribution in [3.8, 4) is 11.5 Å². The summed E-state index contributed by atoms with van der Waals surface area (Å²) in [6.07, 6.45) is 3.32. The molecule has 2 aromatic carbocycles. The Kier molecular flexibility index (Phi) is 6.74. The Balaban J connectivity index is 1.92. The maximum absolute atomic E-state index is 12.9. The summed E-state index contributed by atoms with van der Waals surface area (Å²) in [5, 5.41) is 2.54. The van der Waals surface area contributed by atoms with Crippen molar-refractivity contribution in [2.75, 3.05) is 18.6 Å². The summed E-state index contributed by atoms with van der Waals surface area (Å²) in [6, 6.07) is 10.5. The minimum atomic E-state index is -0.832. The van der Waals surface area contributed by atoms with Crippen molar-refractivity contribution in [3.63, 3.8) is 0 Å². The van der Waals surface area contributed by atoms with Crippen LogP contribution in [0.5, 0.6) is 11.5 Å². The van der Waals surface area contributed by atoms with E-state index in [-0.39, 0.29) is 11.3 Å². The van der Waals surface area contributed by atoms with Crippen molar-refractivity contribution in [3.05, 3.63) is 58.6 Å². The van der Waals surface area contributed by atoms with Gasteiger partial charge < -0.3 is 9.47 Å². The molecular formula is C22H21ClN2O5. The minimum Gasteiger partial charge on any atom is -0.493 e. The van der Waals surface area contributed by atoms with Gasteiger partial charge in [0.2, 0.25) is 0 Å². The van der Waals surface area contributed by atoms with Crippen LogP contribution in [0.25, 0.3) is 6.08 Å². The maximum Gasteiger partial charge on any atom is 0.335 e. The molecular weight excluding hydrogens is 408 g/mol. The van der Waals surface area contributed by atoms with E-state index in [9.17, 15) is 14.4 Å². The van der Waals surface area contributed by atoms with Gasteiger partial charge >= 0.3 is 6.03 Å². The van der Waals surface area contributed by atoms with Crippen LogP contribution >= 0.6 is 11.6 Å². The molecule has 0 spiro atoms. The molecule has 3 rings (SSSR count). The third-order valence-corrected chi connectivity index (χ3v) is 4.66. The number of benzene rings is 2. The lowest BCUT2D eigenvalue weighted by molar-refractivity contribution is -0.122. The molecule has 1 heterocycles. The molecule has 4 amide bonds. The Morgan fingerprint density at radius 3 is 2.60 bits per heavy atom. The summed E-state index contributed by atoms with van der Waals surface area (Å²) in [5.41, 5.74) is 0.630. The summed E-state index contributed by atoms with van der Waals surface area (Å²) in [4.78, 5) is 38.4. The Morgan fingerprint density at radius 2 is 1.90 bits per heavy atom. The fraction of sp³-hybridized carbons (Fsp3) is 0.227. The van der Waals surface area contributed by atoms with Gasteiger partial charge in [0.1, 0.15) is 5.57 Å². The van der Waals surface area contributed by atoms with Crippen LogP contribution in [0.2, 0.25) is 5.02 Å². The van der Waals surface area contributed by atoms with Crippen molar-refractivity contribution in [1.82, 2.24) is 5.32 Å². The Morgan fingerprint density at radius 1 is 1.10 bits per heavy atom. The number of ether oxygens (including phenoxy) is 2. The number of urea groups is 1. The first kappa shape index (κ1) is 21.4. The molecule has 0 atom stereocenters. The van der Waals surface area contributed by atoms with Gasteiger partial charge in [-0.3, -0.25) is 14.9 Å². The minimum absolute atomic E-state index is 0.184. The van der Waals surface area contributed by atoms with Crippen molar-refractivity contribution in [2.24, 2.45) is 0 Å². The lowest BCUT2D eigenvalue weighted by atomic mass is 10.1. The van der Waals surface area contributed by atoms with E-state index in [0.29, 0.717) is 28.7 Å². The van der Waals surface area contributed by atoms with Gasteiger partial charge in [-0.05, 0) is 48.4 Å². The predicted molar refractivity (Wildman–Crippen MR) is 114 cm³/mol. The van der Waals surface area contributed by atoms with Crippen molar-refractivity contribution < 1.29 is 23.9 Å². The molecule has 30 heavy (non-hydrogen) atoms. The summed E-state index contributed by atoms with van der Waals surface area (Å²) in [5.74, 6) is -0.464. The van der Waals surface area contributed by atoms with Crippen LogP contribution in [0.15, 0.2) is 48.0 Å². The second-order valence-corrected chi connectivity index (χ2v) is 6.99. The normalized spacial score (nSPS) is 15.4. The summed E-state index contributed by atoms with van der Waals surface area (Å²) in [7, 11) is 1.51. The molecule has 1 aliphatic heterocycles. The summed E-state index contributed by atoms with van der Waals surface area (Å²) >= 11 is 5.97. The first-order valence-corrected chi connectivity index (χ1v) is 9.80. The molecule has 0 aliphatic carbocycles. The number of carbonyl (C=O) groups is 3. The number of nitrogens with one attached hydrogen (secondary N) is 1. The highest BCUT2D eigenvalue weighted by Gasteiger charge is 2.36. The Labute approximate surface area is 179 Å². The molecule has 1 aliphatic rings. The number of carbonyl (C=O) groups excluding carboxylic acids is 3. The number of imide groups is 2. The van der Waals surface area contributed by atoms with Gasteiger partial charge in [0.25, 0.3) is 11.8 Å². The SMILES string of the molecule is CCCCOc1ccc(/C=C2\C(=O)NC(=O)N(c3cccc(Cl)c3)C2=O)cc1OC. The highest BCUT2D eigenvalue weighted by Crippen LogP contribution is 2.30. The molecule has 0 radical (unpaired) electrons. The van der Waals surface area contributed by atoms with Crippen LogP contribution in [0.3, 0.4) is 0 Å². The zero-order chi connectivity index (χ0) is 21.7. The number of unbranched alkanes of at least 4 members (excludes halogenated alkanes) is 1. The molecule has 156 valence electrons. The van der Waals surface area contributed by atoms with Gasteiger partial charge in [0, 0.05) is 5.02 Å². The van der Waals surface area contributed by atoms with Crippen LogP contribution in [-0.2, 0) is 9.59 Å². The Hall–Kier alpha value is -3.32. The van der Waals surface area contributed by atoms with Crippen molar-refractivity contribution >= 4 is 41.2 Å². The second kappa shape index (κ2) is 9.45. The zero-order valence-corrected chi connectivity index (χ0v) is 17.4. The largest absolute Gasteiger partial charge is 0.493 e. The maximum atomic E-state index is 12.9. The Bertz CT molecular complexity index is 1020. The van der Waals surface area contributed by atoms with Crippen LogP contribution < -0.4 is 19.7 Å². The summed E-state index contributed by atoms with van der Waals surface area (Å²) in [6.45, 7) is 2.63. The van der Waals surface area contributed by atoms with Crippen LogP contribution in [-0.4, -0.2) is 31.6 Å². The number of nitrogens with zero attached hydrogens (tertiary/aromatic N) is 1. The molecule has 0 aromatic heterocycles. The average Bonchev–Trinajstić information content (AvgIpc) is 2.72. The lowest BCUT2D eigenvalue weighted by Gasteiger charge is -2.26. The van der Waals surface area contributed by atoms with Crippen LogP contribution in [0, 0.1) is 0 Å². The number of methoxy groups -OCH3 is 1. The van der Waals surface area contributed by atoms with Crippen molar-refractivity contribution in [2.45, 2.75) is 19.8 Å². The van der Waals surface area contributed by atoms with E-state index in [1.54, 1.807) is 36.4 Å². The van der Waals surface area contributed by atoms with E-state index in [0.717, 1.165) is 17.7 Å². The van der Waals surface area contributed by atoms with E-state index in [1.165, 1.54) is 19.3 Å². The van der Waals surface area contributed by atoms with Gasteiger partial charge in [-0.25, -0.2) is 9.69 Å². The quantitative estimate of drug-likeness (QED) is 0.406. The molecule has 1 N–H and O–H groups in total. The van der Waals surface area contributed by atoms with E-state index in [1.807, 2.05) is 0 Å². The van der Waals surface area contributed by atoms with E-state index >= 15 is 0 Å². The molecule has 7 nitrogen and oxygen atoms in total. The molecule has 1 saturated heterocycles. The van der Waals surface area contributed by atoms with Gasteiger partial charge in [-0.1, -0.05) is 37.1 Å². The van der Waals surface area contributed by atoms with E-state index < -0.39 is 17.8 Å². The highest BCUT2D eigenvalue weighted by atomic mass is 35.5. The predicted octanol–water partition coefficient (Wildman–Crippen LogP) is 4.19. The zero-order valence-electron chi connectivity index (χ0n) is 16.6. The average molecular weight is 429 g/mol. The molecule has 0 bridgehead atoms. The number of hydrogen-bond acceptors (Lipinski definition) is 5. The third kappa shape index (κ3) is 4.63. The fourth-order valence-corrected chi connectivity index (χ4v) is 3.08. The number of hydrogen-bond donors (Lipinski definition) is 1. The molecule has 1 fully saturated rings. The summed E-state index contributed by atoms with van der Waals surface area (Å²) < 4.78 is 11.1.